The number of benzene rings is 1. The molecular formula is C23H27ClN6O2. The fraction of sp³-hybridized carbons (Fsp3) is 0.478. The number of nitrogens with one attached hydrogen (secondary N) is 1. The van der Waals surface area contributed by atoms with E-state index in [4.69, 9.17) is 11.6 Å². The van der Waals surface area contributed by atoms with Gasteiger partial charge in [-0.05, 0) is 37.8 Å². The Morgan fingerprint density at radius 1 is 1.03 bits per heavy atom. The number of hydrogen-bond donors (Lipinski definition) is 1. The number of rotatable bonds is 3. The molecule has 8 nitrogen and oxygen atoms in total. The van der Waals surface area contributed by atoms with Crippen molar-refractivity contribution in [2.75, 3.05) is 31.1 Å². The molecule has 0 unspecified atom stereocenters. The van der Waals surface area contributed by atoms with Gasteiger partial charge in [-0.25, -0.2) is 4.98 Å². The van der Waals surface area contributed by atoms with Crippen molar-refractivity contribution in [3.05, 3.63) is 45.8 Å². The van der Waals surface area contributed by atoms with Crippen LogP contribution in [0.4, 0.5) is 5.69 Å². The molecular weight excluding hydrogens is 428 g/mol. The highest BCUT2D eigenvalue weighted by Gasteiger charge is 2.30. The molecule has 32 heavy (non-hydrogen) atoms. The molecule has 0 radical (unpaired) electrons. The smallest absolute Gasteiger partial charge is 0.295 e. The van der Waals surface area contributed by atoms with Gasteiger partial charge in [0.2, 0.25) is 11.9 Å². The van der Waals surface area contributed by atoms with E-state index in [1.54, 1.807) is 6.20 Å². The third kappa shape index (κ3) is 3.99. The minimum atomic E-state index is -0.411. The maximum atomic E-state index is 13.0. The molecule has 2 aliphatic rings. The second-order valence-corrected chi connectivity index (χ2v) is 9.02. The maximum absolute atomic E-state index is 13.0. The first kappa shape index (κ1) is 21.0. The third-order valence-electron chi connectivity index (χ3n) is 6.58. The van der Waals surface area contributed by atoms with Gasteiger partial charge < -0.3 is 14.8 Å². The van der Waals surface area contributed by atoms with Crippen LogP contribution in [0.15, 0.2) is 35.3 Å². The lowest BCUT2D eigenvalue weighted by molar-refractivity contribution is -0.136. The van der Waals surface area contributed by atoms with Crippen LogP contribution in [0.5, 0.6) is 0 Å². The van der Waals surface area contributed by atoms with Gasteiger partial charge in [-0.1, -0.05) is 36.6 Å². The Morgan fingerprint density at radius 2 is 1.75 bits per heavy atom. The number of halogens is 1. The number of fused-ring (bicyclic) bond motifs is 1. The zero-order chi connectivity index (χ0) is 22.1. The van der Waals surface area contributed by atoms with Gasteiger partial charge in [0.15, 0.2) is 0 Å². The summed E-state index contributed by atoms with van der Waals surface area (Å²) in [5, 5.41) is 4.45. The highest BCUT2D eigenvalue weighted by molar-refractivity contribution is 6.33. The lowest BCUT2D eigenvalue weighted by Crippen LogP contribution is -2.43. The average Bonchev–Trinajstić information content (AvgIpc) is 3.06. The summed E-state index contributed by atoms with van der Waals surface area (Å²) in [6, 6.07) is 7.55. The van der Waals surface area contributed by atoms with Gasteiger partial charge >= 0.3 is 0 Å². The molecule has 2 aromatic heterocycles. The van der Waals surface area contributed by atoms with Crippen LogP contribution in [-0.2, 0) is 4.79 Å². The Kier molecular flexibility index (Phi) is 5.87. The number of amides is 1. The first-order valence-electron chi connectivity index (χ1n) is 11.4. The summed E-state index contributed by atoms with van der Waals surface area (Å²) < 4.78 is 1.20. The van der Waals surface area contributed by atoms with E-state index in [0.717, 1.165) is 49.8 Å². The van der Waals surface area contributed by atoms with Crippen LogP contribution in [0, 0.1) is 5.92 Å². The number of imidazole rings is 1. The van der Waals surface area contributed by atoms with Gasteiger partial charge in [-0.15, -0.1) is 0 Å². The van der Waals surface area contributed by atoms with Crippen LogP contribution in [0.3, 0.4) is 0 Å². The van der Waals surface area contributed by atoms with Crippen molar-refractivity contribution in [2.24, 2.45) is 5.92 Å². The predicted molar refractivity (Wildman–Crippen MR) is 124 cm³/mol. The molecule has 1 aromatic carbocycles. The maximum Gasteiger partial charge on any atom is 0.295 e. The summed E-state index contributed by atoms with van der Waals surface area (Å²) >= 11 is 6.49. The van der Waals surface area contributed by atoms with Crippen molar-refractivity contribution in [1.29, 1.82) is 0 Å². The molecule has 0 atom stereocenters. The van der Waals surface area contributed by atoms with Crippen molar-refractivity contribution in [3.8, 4) is 5.95 Å². The van der Waals surface area contributed by atoms with Crippen molar-refractivity contribution in [1.82, 2.24) is 24.6 Å². The minimum absolute atomic E-state index is 0.0482. The van der Waals surface area contributed by atoms with E-state index in [-0.39, 0.29) is 16.8 Å². The number of nitrogens with zero attached hydrogens (tertiary/aromatic N) is 5. The van der Waals surface area contributed by atoms with Gasteiger partial charge in [-0.3, -0.25) is 9.59 Å². The van der Waals surface area contributed by atoms with Crippen LogP contribution in [-0.4, -0.2) is 56.7 Å². The van der Waals surface area contributed by atoms with E-state index < -0.39 is 5.56 Å². The monoisotopic (exact) mass is 454 g/mol. The summed E-state index contributed by atoms with van der Waals surface area (Å²) in [6.45, 7) is 3.13. The number of anilines is 1. The lowest BCUT2D eigenvalue weighted by Gasteiger charge is -2.35. The molecule has 0 bridgehead atoms. The Labute approximate surface area is 191 Å². The molecule has 168 valence electrons. The van der Waals surface area contributed by atoms with Crippen molar-refractivity contribution in [2.45, 2.75) is 38.5 Å². The summed E-state index contributed by atoms with van der Waals surface area (Å²) in [5.41, 5.74) is 1.79. The third-order valence-corrected chi connectivity index (χ3v) is 6.94. The van der Waals surface area contributed by atoms with E-state index in [2.05, 4.69) is 24.9 Å². The van der Waals surface area contributed by atoms with Crippen molar-refractivity contribution in [3.63, 3.8) is 0 Å². The summed E-state index contributed by atoms with van der Waals surface area (Å²) in [6.07, 6.45) is 7.78. The first-order valence-corrected chi connectivity index (χ1v) is 11.8. The summed E-state index contributed by atoms with van der Waals surface area (Å²) in [5.74, 6) is 0.675. The molecule has 0 aliphatic carbocycles. The topological polar surface area (TPSA) is 87.1 Å². The van der Waals surface area contributed by atoms with E-state index in [0.29, 0.717) is 24.7 Å². The van der Waals surface area contributed by atoms with E-state index >= 15 is 0 Å². The molecule has 2 aliphatic heterocycles. The minimum Gasteiger partial charge on any atom is -0.369 e. The van der Waals surface area contributed by atoms with Gasteiger partial charge in [0.1, 0.15) is 5.02 Å². The number of hydrogen-bond acceptors (Lipinski definition) is 5. The Morgan fingerprint density at radius 3 is 2.47 bits per heavy atom. The zero-order valence-electron chi connectivity index (χ0n) is 18.0. The molecule has 1 amide bonds. The van der Waals surface area contributed by atoms with Crippen molar-refractivity contribution < 1.29 is 4.79 Å². The number of likely N-dealkylation sites (tertiary alicyclic amines) is 1. The molecule has 3 aromatic rings. The Bertz CT molecular complexity index is 1140. The van der Waals surface area contributed by atoms with E-state index in [1.165, 1.54) is 17.5 Å². The number of aromatic nitrogens is 4. The molecule has 1 N–H and O–H groups in total. The molecule has 9 heteroatoms. The predicted octanol–water partition coefficient (Wildman–Crippen LogP) is 3.38. The molecule has 5 rings (SSSR count). The van der Waals surface area contributed by atoms with Crippen molar-refractivity contribution >= 4 is 34.2 Å². The number of piperidine rings is 1. The zero-order valence-corrected chi connectivity index (χ0v) is 18.7. The Balaban J connectivity index is 1.30. The quantitative estimate of drug-likeness (QED) is 0.655. The second kappa shape index (κ2) is 8.94. The largest absolute Gasteiger partial charge is 0.369 e. The SMILES string of the molecule is O=C(C1CCN(c2cnn(-c3nc4ccccc4[nH]3)c(=O)c2Cl)CC1)N1CCCCCC1. The van der Waals surface area contributed by atoms with E-state index in [1.807, 2.05) is 24.3 Å². The highest BCUT2D eigenvalue weighted by atomic mass is 35.5. The molecule has 2 saturated heterocycles. The molecule has 2 fully saturated rings. The van der Waals surface area contributed by atoms with Crippen LogP contribution in [0.25, 0.3) is 17.0 Å². The van der Waals surface area contributed by atoms with Crippen LogP contribution in [0.2, 0.25) is 5.02 Å². The number of aromatic amines is 1. The first-order chi connectivity index (χ1) is 15.6. The number of carbonyl (C=O) groups is 1. The highest BCUT2D eigenvalue weighted by Crippen LogP contribution is 2.28. The average molecular weight is 455 g/mol. The summed E-state index contributed by atoms with van der Waals surface area (Å²) in [4.78, 5) is 37.6. The number of H-pyrrole nitrogens is 1. The number of carbonyl (C=O) groups excluding carboxylic acids is 1. The normalized spacial score (nSPS) is 18.2. The summed E-state index contributed by atoms with van der Waals surface area (Å²) in [7, 11) is 0. The molecule has 0 saturated carbocycles. The van der Waals surface area contributed by atoms with E-state index in [9.17, 15) is 9.59 Å². The standard InChI is InChI=1S/C23H27ClN6O2/c24-20-19(15-25-30(22(20)32)23-26-17-7-3-4-8-18(17)27-23)28-13-9-16(10-14-28)21(31)29-11-5-1-2-6-12-29/h3-4,7-8,15-16H,1-2,5-6,9-14H2,(H,26,27). The van der Waals surface area contributed by atoms with Gasteiger partial charge in [-0.2, -0.15) is 9.78 Å². The van der Waals surface area contributed by atoms with Crippen LogP contribution >= 0.6 is 11.6 Å². The van der Waals surface area contributed by atoms with Gasteiger partial charge in [0.25, 0.3) is 5.56 Å². The molecule has 0 spiro atoms. The van der Waals surface area contributed by atoms with Crippen LogP contribution in [0.1, 0.15) is 38.5 Å². The van der Waals surface area contributed by atoms with Crippen LogP contribution < -0.4 is 10.5 Å². The van der Waals surface area contributed by atoms with Gasteiger partial charge in [0, 0.05) is 32.1 Å². The van der Waals surface area contributed by atoms with Gasteiger partial charge in [0.05, 0.1) is 22.9 Å². The lowest BCUT2D eigenvalue weighted by atomic mass is 9.95. The fourth-order valence-corrected chi connectivity index (χ4v) is 5.00. The molecule has 4 heterocycles. The Hall–Kier alpha value is -2.87. The fourth-order valence-electron chi connectivity index (χ4n) is 4.75. The number of para-hydroxylation sites is 2. The second-order valence-electron chi connectivity index (χ2n) is 8.64.